The molecular formula is C21H21N3O2S. The molecule has 1 aliphatic heterocycles. The van der Waals surface area contributed by atoms with Crippen LogP contribution in [-0.2, 0) is 17.8 Å². The molecule has 2 heterocycles. The van der Waals surface area contributed by atoms with Crippen molar-refractivity contribution in [2.75, 3.05) is 11.4 Å². The summed E-state index contributed by atoms with van der Waals surface area (Å²) in [5.41, 5.74) is 2.81. The van der Waals surface area contributed by atoms with Crippen molar-refractivity contribution in [2.45, 2.75) is 37.2 Å². The zero-order valence-corrected chi connectivity index (χ0v) is 16.2. The van der Waals surface area contributed by atoms with Gasteiger partial charge in [-0.3, -0.25) is 14.2 Å². The summed E-state index contributed by atoms with van der Waals surface area (Å²) in [7, 11) is 0. The van der Waals surface area contributed by atoms with Crippen molar-refractivity contribution in [1.29, 1.82) is 0 Å². The Morgan fingerprint density at radius 1 is 1.19 bits per heavy atom. The van der Waals surface area contributed by atoms with E-state index in [1.165, 1.54) is 17.3 Å². The molecule has 1 atom stereocenters. The molecule has 0 radical (unpaired) electrons. The van der Waals surface area contributed by atoms with Crippen LogP contribution in [0, 0.1) is 0 Å². The molecule has 0 aliphatic carbocycles. The van der Waals surface area contributed by atoms with Gasteiger partial charge in [0.25, 0.3) is 5.56 Å². The van der Waals surface area contributed by atoms with Crippen LogP contribution >= 0.6 is 11.8 Å². The van der Waals surface area contributed by atoms with Crippen LogP contribution < -0.4 is 10.5 Å². The van der Waals surface area contributed by atoms with Gasteiger partial charge in [-0.2, -0.15) is 0 Å². The molecule has 1 amide bonds. The van der Waals surface area contributed by atoms with E-state index in [4.69, 9.17) is 0 Å². The second kappa shape index (κ2) is 7.19. The lowest BCUT2D eigenvalue weighted by molar-refractivity contribution is -0.117. The average molecular weight is 379 g/mol. The van der Waals surface area contributed by atoms with Crippen LogP contribution in [0.5, 0.6) is 0 Å². The van der Waals surface area contributed by atoms with Gasteiger partial charge in [0.2, 0.25) is 5.91 Å². The van der Waals surface area contributed by atoms with Crippen molar-refractivity contribution >= 4 is 34.3 Å². The molecule has 0 fully saturated rings. The van der Waals surface area contributed by atoms with E-state index in [0.717, 1.165) is 12.1 Å². The Balaban J connectivity index is 1.64. The van der Waals surface area contributed by atoms with Crippen LogP contribution in [0.25, 0.3) is 10.9 Å². The number of hydrogen-bond acceptors (Lipinski definition) is 4. The number of para-hydroxylation sites is 2. The molecule has 0 saturated carbocycles. The molecule has 27 heavy (non-hydrogen) atoms. The summed E-state index contributed by atoms with van der Waals surface area (Å²) in [6, 6.07) is 15.4. The Labute approximate surface area is 162 Å². The molecule has 0 spiro atoms. The van der Waals surface area contributed by atoms with Gasteiger partial charge >= 0.3 is 0 Å². The van der Waals surface area contributed by atoms with Crippen LogP contribution in [0.3, 0.4) is 0 Å². The number of amides is 1. The number of fused-ring (bicyclic) bond motifs is 2. The standard InChI is InChI=1S/C21H21N3O2S/c1-3-23-20(26)16-9-5-6-10-17(16)22-21(23)27-14(2)19(25)24-13-12-15-8-4-7-11-18(15)24/h4-11,14H,3,12-13H2,1-2H3/t14-/m0/s1. The fraction of sp³-hybridized carbons (Fsp3) is 0.286. The third-order valence-electron chi connectivity index (χ3n) is 4.93. The van der Waals surface area contributed by atoms with E-state index in [0.29, 0.717) is 29.1 Å². The third kappa shape index (κ3) is 3.14. The van der Waals surface area contributed by atoms with Gasteiger partial charge < -0.3 is 4.90 Å². The fourth-order valence-corrected chi connectivity index (χ4v) is 4.55. The maximum atomic E-state index is 13.1. The minimum absolute atomic E-state index is 0.0509. The molecule has 6 heteroatoms. The van der Waals surface area contributed by atoms with Crippen molar-refractivity contribution in [3.8, 4) is 0 Å². The average Bonchev–Trinajstić information content (AvgIpc) is 3.12. The Morgan fingerprint density at radius 3 is 2.74 bits per heavy atom. The van der Waals surface area contributed by atoms with Gasteiger partial charge in [0, 0.05) is 18.8 Å². The quantitative estimate of drug-likeness (QED) is 0.514. The summed E-state index contributed by atoms with van der Waals surface area (Å²) >= 11 is 1.35. The molecule has 0 saturated heterocycles. The second-order valence-corrected chi connectivity index (χ2v) is 7.90. The number of hydrogen-bond donors (Lipinski definition) is 0. The number of benzene rings is 2. The first-order valence-electron chi connectivity index (χ1n) is 9.15. The van der Waals surface area contributed by atoms with Gasteiger partial charge in [0.15, 0.2) is 5.16 Å². The number of aromatic nitrogens is 2. The van der Waals surface area contributed by atoms with Crippen LogP contribution in [0.1, 0.15) is 19.4 Å². The Morgan fingerprint density at radius 2 is 1.93 bits per heavy atom. The number of carbonyl (C=O) groups excluding carboxylic acids is 1. The lowest BCUT2D eigenvalue weighted by atomic mass is 10.2. The Bertz CT molecular complexity index is 1080. The smallest absolute Gasteiger partial charge is 0.262 e. The van der Waals surface area contributed by atoms with E-state index < -0.39 is 0 Å². The largest absolute Gasteiger partial charge is 0.311 e. The summed E-state index contributed by atoms with van der Waals surface area (Å²) in [5.74, 6) is 0.0509. The molecular weight excluding hydrogens is 358 g/mol. The first-order chi connectivity index (χ1) is 13.1. The highest BCUT2D eigenvalue weighted by Gasteiger charge is 2.29. The normalized spacial score (nSPS) is 14.4. The predicted molar refractivity (Wildman–Crippen MR) is 109 cm³/mol. The lowest BCUT2D eigenvalue weighted by Crippen LogP contribution is -2.35. The minimum Gasteiger partial charge on any atom is -0.311 e. The molecule has 0 unspecified atom stereocenters. The van der Waals surface area contributed by atoms with Crippen molar-refractivity contribution < 1.29 is 4.79 Å². The highest BCUT2D eigenvalue weighted by atomic mass is 32.2. The van der Waals surface area contributed by atoms with Crippen molar-refractivity contribution in [3.05, 3.63) is 64.4 Å². The molecule has 0 bridgehead atoms. The SMILES string of the molecule is CCn1c(S[C@@H](C)C(=O)N2CCc3ccccc32)nc2ccccc2c1=O. The Hall–Kier alpha value is -2.60. The summed E-state index contributed by atoms with van der Waals surface area (Å²) in [5, 5.41) is 0.868. The molecule has 138 valence electrons. The van der Waals surface area contributed by atoms with Gasteiger partial charge in [-0.25, -0.2) is 4.98 Å². The predicted octanol–water partition coefficient (Wildman–Crippen LogP) is 3.49. The summed E-state index contributed by atoms with van der Waals surface area (Å²) in [6.07, 6.45) is 0.882. The van der Waals surface area contributed by atoms with E-state index >= 15 is 0 Å². The van der Waals surface area contributed by atoms with E-state index in [1.54, 1.807) is 10.6 Å². The fourth-order valence-electron chi connectivity index (χ4n) is 3.51. The first-order valence-corrected chi connectivity index (χ1v) is 10.0. The zero-order chi connectivity index (χ0) is 19.0. The molecule has 4 rings (SSSR count). The summed E-state index contributed by atoms with van der Waals surface area (Å²) < 4.78 is 1.65. The topological polar surface area (TPSA) is 55.2 Å². The number of thioether (sulfide) groups is 1. The molecule has 1 aromatic heterocycles. The van der Waals surface area contributed by atoms with Crippen LogP contribution in [0.4, 0.5) is 5.69 Å². The third-order valence-corrected chi connectivity index (χ3v) is 6.00. The van der Waals surface area contributed by atoms with Crippen molar-refractivity contribution in [3.63, 3.8) is 0 Å². The number of nitrogens with zero attached hydrogens (tertiary/aromatic N) is 3. The maximum absolute atomic E-state index is 13.1. The van der Waals surface area contributed by atoms with Gasteiger partial charge in [0.1, 0.15) is 0 Å². The first kappa shape index (κ1) is 17.8. The van der Waals surface area contributed by atoms with E-state index in [-0.39, 0.29) is 16.7 Å². The highest BCUT2D eigenvalue weighted by molar-refractivity contribution is 8.00. The van der Waals surface area contributed by atoms with E-state index in [1.807, 2.05) is 55.1 Å². The zero-order valence-electron chi connectivity index (χ0n) is 15.4. The van der Waals surface area contributed by atoms with E-state index in [9.17, 15) is 9.59 Å². The molecule has 1 aliphatic rings. The monoisotopic (exact) mass is 379 g/mol. The minimum atomic E-state index is -0.331. The summed E-state index contributed by atoms with van der Waals surface area (Å²) in [4.78, 5) is 32.3. The van der Waals surface area contributed by atoms with Gasteiger partial charge in [-0.1, -0.05) is 42.1 Å². The van der Waals surface area contributed by atoms with Crippen molar-refractivity contribution in [1.82, 2.24) is 9.55 Å². The van der Waals surface area contributed by atoms with Crippen LogP contribution in [0.2, 0.25) is 0 Å². The molecule has 2 aromatic carbocycles. The van der Waals surface area contributed by atoms with Crippen molar-refractivity contribution in [2.24, 2.45) is 0 Å². The van der Waals surface area contributed by atoms with Gasteiger partial charge in [-0.15, -0.1) is 0 Å². The molecule has 3 aromatic rings. The lowest BCUT2D eigenvalue weighted by Gasteiger charge is -2.22. The van der Waals surface area contributed by atoms with E-state index in [2.05, 4.69) is 11.1 Å². The second-order valence-electron chi connectivity index (χ2n) is 6.59. The number of carbonyl (C=O) groups is 1. The molecule has 5 nitrogen and oxygen atoms in total. The molecule has 0 N–H and O–H groups in total. The highest BCUT2D eigenvalue weighted by Crippen LogP contribution is 2.31. The Kier molecular flexibility index (Phi) is 4.74. The maximum Gasteiger partial charge on any atom is 0.262 e. The van der Waals surface area contributed by atoms with Gasteiger partial charge in [0.05, 0.1) is 16.2 Å². The summed E-state index contributed by atoms with van der Waals surface area (Å²) in [6.45, 7) is 5.03. The van der Waals surface area contributed by atoms with Crippen LogP contribution in [-0.4, -0.2) is 27.3 Å². The van der Waals surface area contributed by atoms with Crippen LogP contribution in [0.15, 0.2) is 58.5 Å². The number of anilines is 1. The number of rotatable bonds is 4. The van der Waals surface area contributed by atoms with Gasteiger partial charge in [-0.05, 0) is 44.0 Å².